The predicted molar refractivity (Wildman–Crippen MR) is 126 cm³/mol. The average molecular weight is 522 g/mol. The van der Waals surface area contributed by atoms with Gasteiger partial charge in [0.2, 0.25) is 5.91 Å². The van der Waals surface area contributed by atoms with Gasteiger partial charge in [0.05, 0.1) is 13.2 Å². The molecule has 0 unspecified atom stereocenters. The number of allylic oxidation sites excluding steroid dienone is 1. The molecule has 0 bridgehead atoms. The van der Waals surface area contributed by atoms with Crippen molar-refractivity contribution >= 4 is 5.91 Å². The van der Waals surface area contributed by atoms with Crippen LogP contribution >= 0.6 is 0 Å². The highest BCUT2D eigenvalue weighted by Gasteiger charge is 2.51. The highest BCUT2D eigenvalue weighted by Crippen LogP contribution is 2.30. The lowest BCUT2D eigenvalue weighted by Gasteiger charge is -2.47. The number of unbranched alkanes of at least 4 members (excludes halogenated alkanes) is 6. The van der Waals surface area contributed by atoms with Crippen molar-refractivity contribution in [3.8, 4) is 0 Å². The minimum absolute atomic E-state index is 0.300. The summed E-state index contributed by atoms with van der Waals surface area (Å²) in [6, 6.07) is -1.05. The molecule has 2 aliphatic rings. The molecule has 0 aliphatic carbocycles. The Balaban J connectivity index is 2.04. The molecule has 2 heterocycles. The number of ether oxygens (including phenoxy) is 4. The molecule has 1 amide bonds. The van der Waals surface area contributed by atoms with Gasteiger partial charge >= 0.3 is 0 Å². The van der Waals surface area contributed by atoms with Crippen LogP contribution in [0.1, 0.15) is 51.9 Å². The second-order valence-corrected chi connectivity index (χ2v) is 9.31. The van der Waals surface area contributed by atoms with Gasteiger partial charge < -0.3 is 54.9 Å². The van der Waals surface area contributed by atoms with Crippen LogP contribution in [0.3, 0.4) is 0 Å². The summed E-state index contributed by atoms with van der Waals surface area (Å²) >= 11 is 0. The van der Waals surface area contributed by atoms with E-state index in [1.54, 1.807) is 0 Å². The van der Waals surface area contributed by atoms with Crippen molar-refractivity contribution in [2.75, 3.05) is 19.8 Å². The molecule has 0 aromatic heterocycles. The zero-order chi connectivity index (χ0) is 26.7. The maximum absolute atomic E-state index is 11.9. The lowest BCUT2D eigenvalue weighted by atomic mass is 9.95. The Hall–Kier alpha value is -1.19. The number of amides is 1. The van der Waals surface area contributed by atoms with Crippen molar-refractivity contribution < 1.29 is 54.4 Å². The minimum atomic E-state index is -1.71. The van der Waals surface area contributed by atoms with Gasteiger partial charge in [-0.15, -0.1) is 6.58 Å². The first-order valence-corrected chi connectivity index (χ1v) is 12.6. The molecule has 7 N–H and O–H groups in total. The topological polar surface area (TPSA) is 187 Å². The zero-order valence-corrected chi connectivity index (χ0v) is 20.9. The summed E-state index contributed by atoms with van der Waals surface area (Å²) in [5.41, 5.74) is 0. The smallest absolute Gasteiger partial charge is 0.217 e. The van der Waals surface area contributed by atoms with Crippen LogP contribution in [0.15, 0.2) is 12.7 Å². The molecule has 36 heavy (non-hydrogen) atoms. The van der Waals surface area contributed by atoms with Gasteiger partial charge in [-0.2, -0.15) is 0 Å². The standard InChI is InChI=1S/C24H43NO11/c1-3-4-5-6-7-8-9-10-11-33-23-17(25-14(2)28)22(19(30)16(13-27)34-23)36-24-21(32)20(31)18(29)15(12-26)35-24/h3,15-24,26-27,29-32H,1,4-13H2,2H3,(H,25,28)/t15-,16-,17+,18+,19+,20+,21-,22-,23+,24+/m1/s1. The summed E-state index contributed by atoms with van der Waals surface area (Å²) < 4.78 is 22.7. The van der Waals surface area contributed by atoms with Gasteiger partial charge in [-0.1, -0.05) is 31.8 Å². The maximum Gasteiger partial charge on any atom is 0.217 e. The third-order valence-corrected chi connectivity index (χ3v) is 6.45. The van der Waals surface area contributed by atoms with Gasteiger partial charge in [0.15, 0.2) is 12.6 Å². The zero-order valence-electron chi connectivity index (χ0n) is 20.9. The summed E-state index contributed by atoms with van der Waals surface area (Å²) in [6.07, 6.45) is -3.72. The molecular weight excluding hydrogens is 478 g/mol. The molecule has 210 valence electrons. The first-order chi connectivity index (χ1) is 17.2. The fourth-order valence-corrected chi connectivity index (χ4v) is 4.39. The lowest BCUT2D eigenvalue weighted by molar-refractivity contribution is -0.344. The highest BCUT2D eigenvalue weighted by molar-refractivity contribution is 5.73. The monoisotopic (exact) mass is 521 g/mol. The Morgan fingerprint density at radius 1 is 0.861 bits per heavy atom. The van der Waals surface area contributed by atoms with E-state index in [9.17, 15) is 35.4 Å². The normalized spacial score (nSPS) is 37.0. The van der Waals surface area contributed by atoms with Crippen molar-refractivity contribution in [1.82, 2.24) is 5.32 Å². The van der Waals surface area contributed by atoms with Gasteiger partial charge in [0, 0.05) is 13.5 Å². The van der Waals surface area contributed by atoms with E-state index < -0.39 is 80.5 Å². The van der Waals surface area contributed by atoms with Crippen molar-refractivity contribution in [1.29, 1.82) is 0 Å². The molecule has 2 saturated heterocycles. The Morgan fingerprint density at radius 3 is 2.06 bits per heavy atom. The molecule has 0 radical (unpaired) electrons. The quantitative estimate of drug-likeness (QED) is 0.100. The predicted octanol–water partition coefficient (Wildman–Crippen LogP) is -1.31. The molecule has 2 fully saturated rings. The number of carbonyl (C=O) groups excluding carboxylic acids is 1. The Bertz CT molecular complexity index is 652. The van der Waals surface area contributed by atoms with Gasteiger partial charge in [-0.05, 0) is 19.3 Å². The van der Waals surface area contributed by atoms with Crippen LogP contribution < -0.4 is 5.32 Å². The second kappa shape index (κ2) is 15.9. The van der Waals surface area contributed by atoms with E-state index in [1.807, 2.05) is 6.08 Å². The summed E-state index contributed by atoms with van der Waals surface area (Å²) in [7, 11) is 0. The molecule has 0 spiro atoms. The van der Waals surface area contributed by atoms with Crippen LogP contribution in [0.2, 0.25) is 0 Å². The van der Waals surface area contributed by atoms with Gasteiger partial charge in [-0.3, -0.25) is 4.79 Å². The summed E-state index contributed by atoms with van der Waals surface area (Å²) in [5, 5.41) is 63.0. The summed E-state index contributed by atoms with van der Waals surface area (Å²) in [4.78, 5) is 11.9. The van der Waals surface area contributed by atoms with Crippen molar-refractivity contribution in [2.45, 2.75) is 113 Å². The van der Waals surface area contributed by atoms with Gasteiger partial charge in [0.1, 0.15) is 48.8 Å². The molecule has 0 aromatic rings. The van der Waals surface area contributed by atoms with Gasteiger partial charge in [0.25, 0.3) is 0 Å². The molecular formula is C24H43NO11. The molecule has 2 rings (SSSR count). The third kappa shape index (κ3) is 8.69. The fraction of sp³-hybridized carbons (Fsp3) is 0.875. The van der Waals surface area contributed by atoms with E-state index >= 15 is 0 Å². The number of hydrogen-bond acceptors (Lipinski definition) is 11. The largest absolute Gasteiger partial charge is 0.394 e. The Kier molecular flexibility index (Phi) is 13.7. The van der Waals surface area contributed by atoms with E-state index in [0.29, 0.717) is 6.61 Å². The highest BCUT2D eigenvalue weighted by atomic mass is 16.7. The van der Waals surface area contributed by atoms with Crippen molar-refractivity contribution in [2.24, 2.45) is 0 Å². The first-order valence-electron chi connectivity index (χ1n) is 12.6. The minimum Gasteiger partial charge on any atom is -0.394 e. The summed E-state index contributed by atoms with van der Waals surface area (Å²) in [6.45, 7) is 4.04. The number of nitrogens with one attached hydrogen (secondary N) is 1. The molecule has 0 aromatic carbocycles. The molecule has 12 nitrogen and oxygen atoms in total. The maximum atomic E-state index is 11.9. The number of carbonyl (C=O) groups is 1. The van der Waals surface area contributed by atoms with Gasteiger partial charge in [-0.25, -0.2) is 0 Å². The molecule has 0 saturated carbocycles. The number of aliphatic hydroxyl groups excluding tert-OH is 6. The van der Waals surface area contributed by atoms with Crippen molar-refractivity contribution in [3.63, 3.8) is 0 Å². The number of hydrogen-bond donors (Lipinski definition) is 7. The SMILES string of the molecule is C=CCCCCCCCCO[C@H]1O[C@H](CO)[C@H](O)[C@H](O[C@@H]2O[C@H](CO)[C@H](O)[C@H](O)[C@H]2O)[C@@H]1NC(C)=O. The van der Waals surface area contributed by atoms with E-state index in [4.69, 9.17) is 18.9 Å². The lowest BCUT2D eigenvalue weighted by Crippen LogP contribution is -2.68. The Labute approximate surface area is 211 Å². The van der Waals surface area contributed by atoms with E-state index in [2.05, 4.69) is 11.9 Å². The van der Waals surface area contributed by atoms with Crippen molar-refractivity contribution in [3.05, 3.63) is 12.7 Å². The average Bonchev–Trinajstić information content (AvgIpc) is 2.85. The second-order valence-electron chi connectivity index (χ2n) is 9.31. The Morgan fingerprint density at radius 2 is 1.44 bits per heavy atom. The number of aliphatic hydroxyl groups is 6. The molecule has 2 aliphatic heterocycles. The molecule has 10 atom stereocenters. The van der Waals surface area contributed by atoms with Crippen LogP contribution in [0, 0.1) is 0 Å². The van der Waals surface area contributed by atoms with E-state index in [1.165, 1.54) is 6.92 Å². The summed E-state index contributed by atoms with van der Waals surface area (Å²) in [5.74, 6) is -0.464. The van der Waals surface area contributed by atoms with E-state index in [0.717, 1.165) is 44.9 Å². The van der Waals surface area contributed by atoms with E-state index in [-0.39, 0.29) is 0 Å². The molecule has 12 heteroatoms. The fourth-order valence-electron chi connectivity index (χ4n) is 4.39. The number of rotatable bonds is 15. The van der Waals surface area contributed by atoms with Crippen LogP contribution in [0.25, 0.3) is 0 Å². The van der Waals surface area contributed by atoms with Crippen LogP contribution in [0.5, 0.6) is 0 Å². The van der Waals surface area contributed by atoms with Crippen LogP contribution in [-0.2, 0) is 23.7 Å². The third-order valence-electron chi connectivity index (χ3n) is 6.45. The van der Waals surface area contributed by atoms with Crippen LogP contribution in [-0.4, -0.2) is 118 Å². The van der Waals surface area contributed by atoms with Crippen LogP contribution in [0.4, 0.5) is 0 Å². The first kappa shape index (κ1) is 31.0.